The minimum absolute atomic E-state index is 0.0739. The van der Waals surface area contributed by atoms with Crippen LogP contribution in [-0.2, 0) is 16.4 Å². The molecule has 0 bridgehead atoms. The van der Waals surface area contributed by atoms with E-state index in [2.05, 4.69) is 9.97 Å². The zero-order valence-corrected chi connectivity index (χ0v) is 14.0. The number of fused-ring (bicyclic) bond motifs is 1. The third kappa shape index (κ3) is 4.53. The summed E-state index contributed by atoms with van der Waals surface area (Å²) in [6, 6.07) is 4.92. The predicted octanol–water partition coefficient (Wildman–Crippen LogP) is 1.44. The van der Waals surface area contributed by atoms with Gasteiger partial charge < -0.3 is 4.98 Å². The van der Waals surface area contributed by atoms with E-state index >= 15 is 0 Å². The molecule has 120 valence electrons. The van der Waals surface area contributed by atoms with Crippen molar-refractivity contribution < 1.29 is 8.42 Å². The van der Waals surface area contributed by atoms with Crippen LogP contribution in [0.25, 0.3) is 10.9 Å². The van der Waals surface area contributed by atoms with E-state index in [1.165, 1.54) is 6.26 Å². The van der Waals surface area contributed by atoms with Crippen molar-refractivity contribution in [3.63, 3.8) is 0 Å². The van der Waals surface area contributed by atoms with Crippen LogP contribution in [0.2, 0.25) is 5.02 Å². The summed E-state index contributed by atoms with van der Waals surface area (Å²) in [6.07, 6.45) is 1.21. The summed E-state index contributed by atoms with van der Waals surface area (Å²) in [7, 11) is -3.02. The van der Waals surface area contributed by atoms with E-state index in [0.29, 0.717) is 41.4 Å². The fourth-order valence-electron chi connectivity index (χ4n) is 2.09. The van der Waals surface area contributed by atoms with Crippen molar-refractivity contribution in [2.45, 2.75) is 13.5 Å². The molecule has 0 atom stereocenters. The maximum Gasteiger partial charge on any atom is 0.258 e. The molecule has 8 heteroatoms. The number of hydrogen-bond acceptors (Lipinski definition) is 5. The monoisotopic (exact) mass is 343 g/mol. The third-order valence-corrected chi connectivity index (χ3v) is 4.48. The van der Waals surface area contributed by atoms with Crippen molar-refractivity contribution in [1.82, 2.24) is 14.9 Å². The Labute approximate surface area is 134 Å². The standard InChI is InChI=1S/C14H18ClN3O3S/c1-3-18(6-7-22(2,20)21)9-13-16-12-8-10(15)4-5-11(12)14(19)17-13/h4-5,8H,3,6-7,9H2,1-2H3,(H,16,17,19). The molecule has 0 aliphatic rings. The van der Waals surface area contributed by atoms with Crippen LogP contribution in [-0.4, -0.2) is 48.4 Å². The number of aromatic amines is 1. The van der Waals surface area contributed by atoms with Gasteiger partial charge >= 0.3 is 0 Å². The molecule has 0 radical (unpaired) electrons. The van der Waals surface area contributed by atoms with Gasteiger partial charge in [0.2, 0.25) is 0 Å². The molecule has 1 heterocycles. The smallest absolute Gasteiger partial charge is 0.258 e. The van der Waals surface area contributed by atoms with Gasteiger partial charge in [0.1, 0.15) is 15.7 Å². The molecule has 0 saturated heterocycles. The van der Waals surface area contributed by atoms with Crippen molar-refractivity contribution in [3.8, 4) is 0 Å². The van der Waals surface area contributed by atoms with Gasteiger partial charge in [-0.2, -0.15) is 0 Å². The molecule has 0 saturated carbocycles. The molecular weight excluding hydrogens is 326 g/mol. The van der Waals surface area contributed by atoms with Gasteiger partial charge in [0.05, 0.1) is 23.2 Å². The van der Waals surface area contributed by atoms with E-state index in [1.54, 1.807) is 18.2 Å². The van der Waals surface area contributed by atoms with E-state index < -0.39 is 9.84 Å². The van der Waals surface area contributed by atoms with E-state index in [1.807, 2.05) is 11.8 Å². The molecule has 0 aliphatic heterocycles. The molecule has 1 N–H and O–H groups in total. The summed E-state index contributed by atoms with van der Waals surface area (Å²) in [6.45, 7) is 3.36. The first-order chi connectivity index (χ1) is 10.3. The third-order valence-electron chi connectivity index (χ3n) is 3.32. The first-order valence-corrected chi connectivity index (χ1v) is 9.31. The van der Waals surface area contributed by atoms with Crippen molar-refractivity contribution in [2.75, 3.05) is 25.1 Å². The number of hydrogen-bond donors (Lipinski definition) is 1. The number of H-pyrrole nitrogens is 1. The van der Waals surface area contributed by atoms with E-state index in [0.717, 1.165) is 0 Å². The number of nitrogens with zero attached hydrogens (tertiary/aromatic N) is 2. The number of rotatable bonds is 6. The highest BCUT2D eigenvalue weighted by molar-refractivity contribution is 7.90. The number of sulfone groups is 1. The molecule has 1 aromatic heterocycles. The van der Waals surface area contributed by atoms with Crippen LogP contribution in [0.3, 0.4) is 0 Å². The summed E-state index contributed by atoms with van der Waals surface area (Å²) in [5.41, 5.74) is 0.307. The average molecular weight is 344 g/mol. The lowest BCUT2D eigenvalue weighted by molar-refractivity contribution is 0.289. The van der Waals surface area contributed by atoms with Gasteiger partial charge in [-0.15, -0.1) is 0 Å². The SMILES string of the molecule is CCN(CCS(C)(=O)=O)Cc1nc2cc(Cl)ccc2c(=O)[nH]1. The van der Waals surface area contributed by atoms with E-state index in [9.17, 15) is 13.2 Å². The van der Waals surface area contributed by atoms with Crippen LogP contribution >= 0.6 is 11.6 Å². The summed E-state index contributed by atoms with van der Waals surface area (Å²) in [5.74, 6) is 0.569. The quantitative estimate of drug-likeness (QED) is 0.858. The fourth-order valence-corrected chi connectivity index (χ4v) is 2.85. The Morgan fingerprint density at radius 1 is 1.36 bits per heavy atom. The minimum Gasteiger partial charge on any atom is -0.309 e. The predicted molar refractivity (Wildman–Crippen MR) is 88.0 cm³/mol. The first-order valence-electron chi connectivity index (χ1n) is 6.87. The normalized spacial score (nSPS) is 12.2. The first kappa shape index (κ1) is 16.9. The Morgan fingerprint density at radius 3 is 2.73 bits per heavy atom. The topological polar surface area (TPSA) is 83.1 Å². The van der Waals surface area contributed by atoms with E-state index in [-0.39, 0.29) is 11.3 Å². The summed E-state index contributed by atoms with van der Waals surface area (Å²) < 4.78 is 22.5. The molecule has 0 spiro atoms. The summed E-state index contributed by atoms with van der Waals surface area (Å²) >= 11 is 5.93. The molecule has 0 fully saturated rings. The second-order valence-corrected chi connectivity index (χ2v) is 7.87. The van der Waals surface area contributed by atoms with Crippen molar-refractivity contribution >= 4 is 32.3 Å². The van der Waals surface area contributed by atoms with Gasteiger partial charge in [-0.25, -0.2) is 13.4 Å². The molecule has 0 aliphatic carbocycles. The Morgan fingerprint density at radius 2 is 2.09 bits per heavy atom. The van der Waals surface area contributed by atoms with Gasteiger partial charge in [0.25, 0.3) is 5.56 Å². The Bertz CT molecular complexity index is 833. The van der Waals surface area contributed by atoms with Crippen molar-refractivity contribution in [2.24, 2.45) is 0 Å². The highest BCUT2D eigenvalue weighted by atomic mass is 35.5. The average Bonchev–Trinajstić information content (AvgIpc) is 2.42. The van der Waals surface area contributed by atoms with Crippen LogP contribution in [0.4, 0.5) is 0 Å². The van der Waals surface area contributed by atoms with Gasteiger partial charge in [-0.05, 0) is 24.7 Å². The largest absolute Gasteiger partial charge is 0.309 e. The molecule has 22 heavy (non-hydrogen) atoms. The highest BCUT2D eigenvalue weighted by Crippen LogP contribution is 2.14. The summed E-state index contributed by atoms with van der Waals surface area (Å²) in [5, 5.41) is 0.994. The van der Waals surface area contributed by atoms with E-state index in [4.69, 9.17) is 11.6 Å². The number of benzene rings is 1. The highest BCUT2D eigenvalue weighted by Gasteiger charge is 2.11. The molecule has 6 nitrogen and oxygen atoms in total. The Kier molecular flexibility index (Phi) is 5.20. The van der Waals surface area contributed by atoms with Gasteiger partial charge in [-0.1, -0.05) is 18.5 Å². The Balaban J connectivity index is 2.24. The molecule has 2 rings (SSSR count). The maximum atomic E-state index is 12.0. The lowest BCUT2D eigenvalue weighted by Gasteiger charge is -2.19. The number of aromatic nitrogens is 2. The lowest BCUT2D eigenvalue weighted by Crippen LogP contribution is -2.30. The minimum atomic E-state index is -3.02. The van der Waals surface area contributed by atoms with Crippen LogP contribution in [0.1, 0.15) is 12.7 Å². The molecular formula is C14H18ClN3O3S. The number of nitrogens with one attached hydrogen (secondary N) is 1. The van der Waals surface area contributed by atoms with Crippen LogP contribution in [0, 0.1) is 0 Å². The lowest BCUT2D eigenvalue weighted by atomic mass is 10.2. The molecule has 1 aromatic carbocycles. The second kappa shape index (κ2) is 6.76. The van der Waals surface area contributed by atoms with Crippen LogP contribution in [0.15, 0.2) is 23.0 Å². The van der Waals surface area contributed by atoms with Crippen LogP contribution < -0.4 is 5.56 Å². The zero-order valence-electron chi connectivity index (χ0n) is 12.5. The van der Waals surface area contributed by atoms with Crippen molar-refractivity contribution in [1.29, 1.82) is 0 Å². The zero-order chi connectivity index (χ0) is 16.3. The number of halogens is 1. The van der Waals surface area contributed by atoms with Crippen LogP contribution in [0.5, 0.6) is 0 Å². The molecule has 0 unspecified atom stereocenters. The fraction of sp³-hybridized carbons (Fsp3) is 0.429. The summed E-state index contributed by atoms with van der Waals surface area (Å²) in [4.78, 5) is 21.1. The van der Waals surface area contributed by atoms with Gasteiger partial charge in [-0.3, -0.25) is 9.69 Å². The second-order valence-electron chi connectivity index (χ2n) is 5.17. The van der Waals surface area contributed by atoms with Crippen molar-refractivity contribution in [3.05, 3.63) is 39.4 Å². The molecule has 0 amide bonds. The van der Waals surface area contributed by atoms with Gasteiger partial charge in [0, 0.05) is 17.8 Å². The Hall–Kier alpha value is -1.44. The molecule has 2 aromatic rings. The maximum absolute atomic E-state index is 12.0. The van der Waals surface area contributed by atoms with Gasteiger partial charge in [0.15, 0.2) is 0 Å².